The van der Waals surface area contributed by atoms with Crippen molar-refractivity contribution in [3.8, 4) is 5.69 Å². The Hall–Kier alpha value is -3.89. The van der Waals surface area contributed by atoms with Crippen molar-refractivity contribution in [2.75, 3.05) is 19.6 Å². The Balaban J connectivity index is 1.16. The van der Waals surface area contributed by atoms with Gasteiger partial charge in [0, 0.05) is 31.5 Å². The van der Waals surface area contributed by atoms with Crippen LogP contribution < -0.4 is 5.32 Å². The number of rotatable bonds is 4. The number of carbonyl (C=O) groups is 5. The molecule has 6 rings (SSSR count). The van der Waals surface area contributed by atoms with Crippen molar-refractivity contribution in [3.63, 3.8) is 0 Å². The molecule has 0 bridgehead atoms. The summed E-state index contributed by atoms with van der Waals surface area (Å²) in [6.07, 6.45) is 4.27. The zero-order chi connectivity index (χ0) is 24.4. The molecule has 1 aromatic heterocycles. The van der Waals surface area contributed by atoms with Crippen molar-refractivity contribution in [3.05, 3.63) is 41.7 Å². The average Bonchev–Trinajstić information content (AvgIpc) is 3.57. The molecule has 2 aromatic rings. The van der Waals surface area contributed by atoms with Crippen LogP contribution in [0.1, 0.15) is 48.2 Å². The van der Waals surface area contributed by atoms with E-state index in [0.717, 1.165) is 6.42 Å². The number of nitrogens with one attached hydrogen (secondary N) is 1. The van der Waals surface area contributed by atoms with Gasteiger partial charge in [-0.3, -0.25) is 29.3 Å². The topological polar surface area (TPSA) is 135 Å². The number of hydrogen-bond donors (Lipinski definition) is 1. The smallest absolute Gasteiger partial charge is 0.253 e. The maximum absolute atomic E-state index is 13.2. The molecule has 3 aliphatic heterocycles. The minimum Gasteiger partial charge on any atom is -0.336 e. The zero-order valence-corrected chi connectivity index (χ0v) is 19.0. The van der Waals surface area contributed by atoms with E-state index in [2.05, 4.69) is 15.6 Å². The number of amides is 4. The lowest BCUT2D eigenvalue weighted by Gasteiger charge is -2.25. The molecule has 2 unspecified atom stereocenters. The first kappa shape index (κ1) is 21.6. The summed E-state index contributed by atoms with van der Waals surface area (Å²) in [6, 6.07) is 6.86. The first-order valence-electron chi connectivity index (χ1n) is 11.8. The molecular formula is C24H24N6O5. The van der Waals surface area contributed by atoms with E-state index in [1.807, 2.05) is 0 Å². The fourth-order valence-electron chi connectivity index (χ4n) is 6.19. The van der Waals surface area contributed by atoms with Crippen LogP contribution in [-0.4, -0.2) is 73.8 Å². The number of carbonyl (C=O) groups excluding carboxylic acids is 5. The van der Waals surface area contributed by atoms with Gasteiger partial charge >= 0.3 is 0 Å². The number of hydrogen-bond acceptors (Lipinski definition) is 7. The quantitative estimate of drug-likeness (QED) is 0.624. The normalized spacial score (nSPS) is 27.9. The Morgan fingerprint density at radius 3 is 2.34 bits per heavy atom. The van der Waals surface area contributed by atoms with Crippen LogP contribution in [-0.2, 0) is 25.7 Å². The highest BCUT2D eigenvalue weighted by atomic mass is 16.2. The second-order valence-corrected chi connectivity index (χ2v) is 9.95. The lowest BCUT2D eigenvalue weighted by Crippen LogP contribution is -2.39. The molecule has 4 aliphatic rings. The van der Waals surface area contributed by atoms with Gasteiger partial charge in [0.1, 0.15) is 5.69 Å². The Morgan fingerprint density at radius 2 is 1.66 bits per heavy atom. The number of benzene rings is 1. The molecule has 180 valence electrons. The van der Waals surface area contributed by atoms with E-state index in [1.54, 1.807) is 40.0 Å². The van der Waals surface area contributed by atoms with E-state index in [0.29, 0.717) is 29.8 Å². The summed E-state index contributed by atoms with van der Waals surface area (Å²) in [4.78, 5) is 65.3. The minimum absolute atomic E-state index is 0.0340. The first-order chi connectivity index (χ1) is 16.8. The van der Waals surface area contributed by atoms with Gasteiger partial charge in [0.25, 0.3) is 5.91 Å². The van der Waals surface area contributed by atoms with Gasteiger partial charge in [0.05, 0.1) is 35.8 Å². The van der Waals surface area contributed by atoms with E-state index >= 15 is 0 Å². The molecule has 1 N–H and O–H groups in total. The Morgan fingerprint density at radius 1 is 0.971 bits per heavy atom. The van der Waals surface area contributed by atoms with Crippen molar-refractivity contribution in [2.45, 2.75) is 38.6 Å². The molecule has 4 fully saturated rings. The van der Waals surface area contributed by atoms with E-state index < -0.39 is 10.8 Å². The summed E-state index contributed by atoms with van der Waals surface area (Å²) in [7, 11) is 0. The van der Waals surface area contributed by atoms with Crippen LogP contribution in [0.25, 0.3) is 5.69 Å². The first-order valence-corrected chi connectivity index (χ1v) is 11.8. The summed E-state index contributed by atoms with van der Waals surface area (Å²) in [6.45, 7) is 0.825. The molecule has 0 spiro atoms. The minimum atomic E-state index is -0.794. The lowest BCUT2D eigenvalue weighted by atomic mass is 9.70. The van der Waals surface area contributed by atoms with Gasteiger partial charge in [0.15, 0.2) is 5.78 Å². The number of imide groups is 1. The molecule has 2 atom stereocenters. The average molecular weight is 476 g/mol. The Bertz CT molecular complexity index is 1260. The zero-order valence-electron chi connectivity index (χ0n) is 19.0. The van der Waals surface area contributed by atoms with Crippen LogP contribution in [0.4, 0.5) is 0 Å². The third-order valence-electron chi connectivity index (χ3n) is 8.04. The molecule has 3 saturated heterocycles. The van der Waals surface area contributed by atoms with Crippen molar-refractivity contribution in [1.82, 2.24) is 30.1 Å². The molecule has 4 amide bonds. The fourth-order valence-corrected chi connectivity index (χ4v) is 6.19. The summed E-state index contributed by atoms with van der Waals surface area (Å²) in [5, 5.41) is 10.7. The predicted molar refractivity (Wildman–Crippen MR) is 119 cm³/mol. The SMILES string of the molecule is O=C1CCC(=O)N(Cc2cn(-c3ccc(C(=O)N4CC56CCCC5(C4)C(=O)NC6=O)cc3)nn2)C1. The van der Waals surface area contributed by atoms with Gasteiger partial charge in [-0.05, 0) is 37.1 Å². The van der Waals surface area contributed by atoms with Gasteiger partial charge in [-0.25, -0.2) is 4.68 Å². The fraction of sp³-hybridized carbons (Fsp3) is 0.458. The van der Waals surface area contributed by atoms with Gasteiger partial charge in [-0.2, -0.15) is 0 Å². The van der Waals surface area contributed by atoms with Crippen LogP contribution in [0.5, 0.6) is 0 Å². The summed E-state index contributed by atoms with van der Waals surface area (Å²) in [5.74, 6) is -0.742. The highest BCUT2D eigenvalue weighted by Gasteiger charge is 2.72. The Labute approximate surface area is 200 Å². The number of ketones is 1. The van der Waals surface area contributed by atoms with Crippen LogP contribution in [0.15, 0.2) is 30.5 Å². The van der Waals surface area contributed by atoms with Crippen LogP contribution in [0, 0.1) is 10.8 Å². The third-order valence-corrected chi connectivity index (χ3v) is 8.04. The molecule has 1 aliphatic carbocycles. The predicted octanol–water partition coefficient (Wildman–Crippen LogP) is 0.228. The molecule has 11 heteroatoms. The second kappa shape index (κ2) is 7.56. The number of likely N-dealkylation sites (tertiary alicyclic amines) is 2. The number of nitrogens with zero attached hydrogens (tertiary/aromatic N) is 5. The van der Waals surface area contributed by atoms with E-state index in [4.69, 9.17) is 0 Å². The largest absolute Gasteiger partial charge is 0.336 e. The number of aromatic nitrogens is 3. The van der Waals surface area contributed by atoms with Gasteiger partial charge in [-0.1, -0.05) is 11.6 Å². The second-order valence-electron chi connectivity index (χ2n) is 9.95. The highest BCUT2D eigenvalue weighted by molar-refractivity contribution is 6.12. The molecular weight excluding hydrogens is 452 g/mol. The van der Waals surface area contributed by atoms with Crippen LogP contribution in [0.3, 0.4) is 0 Å². The van der Waals surface area contributed by atoms with Gasteiger partial charge in [0.2, 0.25) is 17.7 Å². The van der Waals surface area contributed by atoms with Gasteiger partial charge < -0.3 is 9.80 Å². The molecule has 0 radical (unpaired) electrons. The maximum atomic E-state index is 13.2. The van der Waals surface area contributed by atoms with E-state index in [9.17, 15) is 24.0 Å². The molecule has 1 aromatic carbocycles. The standard InChI is InChI=1S/C24H24N6O5/c31-18-6-7-19(32)28(12-18)10-16-11-30(27-26-16)17-4-2-15(3-5-17)20(33)29-13-23-8-1-9-24(23,14-29)22(35)25-21(23)34/h2-5,11H,1,6-10,12-14H2,(H,25,34,35). The van der Waals surface area contributed by atoms with Crippen LogP contribution in [0.2, 0.25) is 0 Å². The summed E-state index contributed by atoms with van der Waals surface area (Å²) < 4.78 is 1.55. The van der Waals surface area contributed by atoms with Crippen molar-refractivity contribution in [2.24, 2.45) is 10.8 Å². The summed E-state index contributed by atoms with van der Waals surface area (Å²) in [5.41, 5.74) is 0.118. The molecule has 11 nitrogen and oxygen atoms in total. The number of Topliss-reactive ketones (excluding diaryl/α,β-unsaturated/α-hetero) is 1. The summed E-state index contributed by atoms with van der Waals surface area (Å²) >= 11 is 0. The van der Waals surface area contributed by atoms with E-state index in [1.165, 1.54) is 4.90 Å². The highest BCUT2D eigenvalue weighted by Crippen LogP contribution is 2.60. The van der Waals surface area contributed by atoms with Crippen molar-refractivity contribution in [1.29, 1.82) is 0 Å². The number of piperidine rings is 1. The van der Waals surface area contributed by atoms with Crippen molar-refractivity contribution < 1.29 is 24.0 Å². The van der Waals surface area contributed by atoms with E-state index in [-0.39, 0.29) is 68.4 Å². The monoisotopic (exact) mass is 476 g/mol. The molecule has 1 saturated carbocycles. The van der Waals surface area contributed by atoms with Gasteiger partial charge in [-0.15, -0.1) is 5.10 Å². The van der Waals surface area contributed by atoms with Crippen LogP contribution >= 0.6 is 0 Å². The lowest BCUT2D eigenvalue weighted by molar-refractivity contribution is -0.140. The Kier molecular flexibility index (Phi) is 4.67. The van der Waals surface area contributed by atoms with Crippen molar-refractivity contribution >= 4 is 29.4 Å². The maximum Gasteiger partial charge on any atom is 0.253 e. The molecule has 35 heavy (non-hydrogen) atoms. The molecule has 4 heterocycles. The third kappa shape index (κ3) is 3.14.